The molecule has 2 unspecified atom stereocenters. The highest BCUT2D eigenvalue weighted by Crippen LogP contribution is 2.33. The lowest BCUT2D eigenvalue weighted by atomic mass is 9.89. The molecular formula is C32H30Cl2N4O4. The number of benzene rings is 2. The summed E-state index contributed by atoms with van der Waals surface area (Å²) in [5, 5.41) is 7.53. The quantitative estimate of drug-likeness (QED) is 0.337. The Kier molecular flexibility index (Phi) is 8.44. The topological polar surface area (TPSA) is 101 Å². The summed E-state index contributed by atoms with van der Waals surface area (Å²) in [6.07, 6.45) is 11.6. The molecule has 6 rings (SSSR count). The predicted octanol–water partition coefficient (Wildman–Crippen LogP) is 5.43. The van der Waals surface area contributed by atoms with Gasteiger partial charge in [0.2, 0.25) is 0 Å². The van der Waals surface area contributed by atoms with Gasteiger partial charge in [-0.3, -0.25) is 0 Å². The lowest BCUT2D eigenvalue weighted by Crippen LogP contribution is -2.26. The van der Waals surface area contributed by atoms with Crippen LogP contribution in [0.1, 0.15) is 47.9 Å². The van der Waals surface area contributed by atoms with Crippen molar-refractivity contribution in [2.24, 2.45) is 9.98 Å². The number of aliphatic imine (C=N–C) groups is 2. The molecule has 2 aromatic carbocycles. The maximum Gasteiger partial charge on any atom is 0.338 e. The van der Waals surface area contributed by atoms with Gasteiger partial charge < -0.3 is 20.1 Å². The Balaban J connectivity index is 0.964. The van der Waals surface area contributed by atoms with Gasteiger partial charge in [-0.05, 0) is 72.9 Å². The zero-order chi connectivity index (χ0) is 29.1. The molecule has 42 heavy (non-hydrogen) atoms. The maximum atomic E-state index is 12.3. The Morgan fingerprint density at radius 3 is 1.64 bits per heavy atom. The molecule has 2 aliphatic carbocycles. The van der Waals surface area contributed by atoms with E-state index >= 15 is 0 Å². The van der Waals surface area contributed by atoms with Gasteiger partial charge in [0.1, 0.15) is 0 Å². The first-order valence-corrected chi connectivity index (χ1v) is 14.8. The fourth-order valence-corrected chi connectivity index (χ4v) is 6.17. The minimum atomic E-state index is -0.723. The van der Waals surface area contributed by atoms with Crippen molar-refractivity contribution in [3.63, 3.8) is 0 Å². The molecule has 0 radical (unpaired) electrons. The summed E-state index contributed by atoms with van der Waals surface area (Å²) in [5.41, 5.74) is 7.18. The van der Waals surface area contributed by atoms with Crippen molar-refractivity contribution in [1.29, 1.82) is 0 Å². The lowest BCUT2D eigenvalue weighted by molar-refractivity contribution is -0.132. The number of ether oxygens (including phenoxy) is 2. The molecule has 0 bridgehead atoms. The zero-order valence-corrected chi connectivity index (χ0v) is 24.4. The van der Waals surface area contributed by atoms with Crippen LogP contribution in [0.3, 0.4) is 0 Å². The van der Waals surface area contributed by atoms with Crippen LogP contribution in [0.2, 0.25) is 10.0 Å². The van der Waals surface area contributed by atoms with Crippen LogP contribution in [-0.4, -0.2) is 49.2 Å². The summed E-state index contributed by atoms with van der Waals surface area (Å²) in [6.45, 7) is 1.12. The summed E-state index contributed by atoms with van der Waals surface area (Å²) >= 11 is 12.7. The number of rotatable bonds is 6. The summed E-state index contributed by atoms with van der Waals surface area (Å²) in [5.74, 6) is -1.45. The van der Waals surface area contributed by atoms with E-state index < -0.39 is 11.9 Å². The van der Waals surface area contributed by atoms with Gasteiger partial charge in [0.05, 0.1) is 12.1 Å². The van der Waals surface area contributed by atoms with Crippen LogP contribution in [0, 0.1) is 0 Å². The first-order valence-electron chi connectivity index (χ1n) is 14.1. The molecule has 10 heteroatoms. The molecule has 2 N–H and O–H groups in total. The van der Waals surface area contributed by atoms with E-state index in [2.05, 4.69) is 44.9 Å². The van der Waals surface area contributed by atoms with Crippen molar-refractivity contribution in [3.05, 3.63) is 92.0 Å². The second-order valence-electron chi connectivity index (χ2n) is 10.8. The van der Waals surface area contributed by atoms with E-state index in [0.717, 1.165) is 71.8 Å². The van der Waals surface area contributed by atoms with E-state index in [0.29, 0.717) is 13.1 Å². The van der Waals surface area contributed by atoms with Crippen LogP contribution >= 0.6 is 23.2 Å². The Morgan fingerprint density at radius 2 is 1.19 bits per heavy atom. The van der Waals surface area contributed by atoms with Crippen LogP contribution in [-0.2, 0) is 31.9 Å². The molecule has 0 aromatic heterocycles. The number of fused-ring (bicyclic) bond motifs is 2. The third-order valence-electron chi connectivity index (χ3n) is 7.74. The van der Waals surface area contributed by atoms with Crippen molar-refractivity contribution in [1.82, 2.24) is 10.6 Å². The molecule has 2 atom stereocenters. The van der Waals surface area contributed by atoms with Gasteiger partial charge in [-0.25, -0.2) is 19.6 Å². The SMILES string of the molecule is O=C(/C=C/C(=O)OC1=NC(CC2=Cc3c(Cl)cccc3CC2)CN1)OC1=NC(CC2=Cc3c(Cl)cccc3CC2)CN1. The highest BCUT2D eigenvalue weighted by Gasteiger charge is 2.24. The van der Waals surface area contributed by atoms with Gasteiger partial charge in [0.25, 0.3) is 12.0 Å². The number of carbonyl (C=O) groups is 2. The molecule has 0 spiro atoms. The van der Waals surface area contributed by atoms with Crippen molar-refractivity contribution in [2.75, 3.05) is 13.1 Å². The standard InChI is InChI=1S/C32H30Cl2N4O4/c33-27-5-1-3-21-9-7-19(15-25(21)27)13-23-17-35-31(37-23)41-29(39)11-12-30(40)42-32-36-18-24(38-32)14-20-8-10-22-4-2-6-28(34)26(22)16-20/h1-6,11-12,15-16,23-24H,7-10,13-14,17-18H2,(H,35,37)(H,36,38)/b12-11+. The van der Waals surface area contributed by atoms with Gasteiger partial charge in [-0.2, -0.15) is 0 Å². The third-order valence-corrected chi connectivity index (χ3v) is 8.40. The van der Waals surface area contributed by atoms with Crippen molar-refractivity contribution in [3.8, 4) is 0 Å². The second kappa shape index (κ2) is 12.5. The number of aryl methyl sites for hydroxylation is 2. The van der Waals surface area contributed by atoms with Gasteiger partial charge in [-0.1, -0.05) is 70.8 Å². The molecule has 0 saturated heterocycles. The molecule has 8 nitrogen and oxygen atoms in total. The Hall–Kier alpha value is -3.88. The van der Waals surface area contributed by atoms with Crippen molar-refractivity contribution in [2.45, 2.75) is 50.6 Å². The van der Waals surface area contributed by atoms with E-state index in [9.17, 15) is 9.59 Å². The second-order valence-corrected chi connectivity index (χ2v) is 11.6. The highest BCUT2D eigenvalue weighted by atomic mass is 35.5. The van der Waals surface area contributed by atoms with Gasteiger partial charge in [0.15, 0.2) is 0 Å². The minimum absolute atomic E-state index is 0.0486. The zero-order valence-electron chi connectivity index (χ0n) is 22.9. The molecule has 2 aromatic rings. The summed E-state index contributed by atoms with van der Waals surface area (Å²) in [6, 6.07) is 12.1. The summed E-state index contributed by atoms with van der Waals surface area (Å²) < 4.78 is 10.5. The average molecular weight is 606 g/mol. The van der Waals surface area contributed by atoms with Crippen LogP contribution in [0.5, 0.6) is 0 Å². The van der Waals surface area contributed by atoms with Crippen LogP contribution in [0.25, 0.3) is 12.2 Å². The van der Waals surface area contributed by atoms with E-state index in [4.69, 9.17) is 32.7 Å². The number of amidine groups is 2. The lowest BCUT2D eigenvalue weighted by Gasteiger charge is -2.18. The smallest absolute Gasteiger partial charge is 0.338 e. The Bertz CT molecular complexity index is 1460. The number of carbonyl (C=O) groups excluding carboxylic acids is 2. The molecule has 4 aliphatic rings. The predicted molar refractivity (Wildman–Crippen MR) is 165 cm³/mol. The third kappa shape index (κ3) is 6.77. The molecule has 2 aliphatic heterocycles. The first kappa shape index (κ1) is 28.2. The number of esters is 2. The van der Waals surface area contributed by atoms with Gasteiger partial charge in [0, 0.05) is 35.3 Å². The van der Waals surface area contributed by atoms with Crippen molar-refractivity contribution >= 4 is 59.3 Å². The summed E-state index contributed by atoms with van der Waals surface area (Å²) in [7, 11) is 0. The monoisotopic (exact) mass is 604 g/mol. The van der Waals surface area contributed by atoms with Gasteiger partial charge in [-0.15, -0.1) is 0 Å². The van der Waals surface area contributed by atoms with E-state index in [-0.39, 0.29) is 24.1 Å². The summed E-state index contributed by atoms with van der Waals surface area (Å²) in [4.78, 5) is 33.5. The van der Waals surface area contributed by atoms with Crippen LogP contribution in [0.4, 0.5) is 0 Å². The Labute approximate surface area is 254 Å². The van der Waals surface area contributed by atoms with E-state index in [1.165, 1.54) is 22.3 Å². The number of halogens is 2. The van der Waals surface area contributed by atoms with Gasteiger partial charge >= 0.3 is 11.9 Å². The van der Waals surface area contributed by atoms with E-state index in [1.807, 2.05) is 24.3 Å². The van der Waals surface area contributed by atoms with Crippen LogP contribution < -0.4 is 10.6 Å². The molecule has 0 amide bonds. The fourth-order valence-electron chi connectivity index (χ4n) is 5.67. The van der Waals surface area contributed by atoms with Crippen LogP contribution in [0.15, 0.2) is 69.7 Å². The molecule has 0 saturated carbocycles. The first-order chi connectivity index (χ1) is 20.4. The molecule has 2 heterocycles. The number of nitrogens with one attached hydrogen (secondary N) is 2. The number of nitrogens with zero attached hydrogens (tertiary/aromatic N) is 2. The van der Waals surface area contributed by atoms with Crippen molar-refractivity contribution < 1.29 is 19.1 Å². The normalized spacial score (nSPS) is 20.8. The number of hydrogen-bond donors (Lipinski definition) is 2. The minimum Gasteiger partial charge on any atom is -0.389 e. The molecule has 0 fully saturated rings. The maximum absolute atomic E-state index is 12.3. The molecule has 216 valence electrons. The Morgan fingerprint density at radius 1 is 0.738 bits per heavy atom. The largest absolute Gasteiger partial charge is 0.389 e. The average Bonchev–Trinajstić information content (AvgIpc) is 3.61. The van der Waals surface area contributed by atoms with E-state index in [1.54, 1.807) is 0 Å². The highest BCUT2D eigenvalue weighted by molar-refractivity contribution is 6.32. The molecular weight excluding hydrogens is 575 g/mol. The number of hydrogen-bond acceptors (Lipinski definition) is 8. The fraction of sp³-hybridized carbons (Fsp3) is 0.312.